The van der Waals surface area contributed by atoms with Crippen molar-refractivity contribution in [3.63, 3.8) is 0 Å². The SMILES string of the molecule is CC12CCC3C(C(=O)C(CO)C4CC(=NOCCN)CCC43C)C1CC(F)C2=O. The number of hydrogen-bond donors (Lipinski definition) is 2. The highest BCUT2D eigenvalue weighted by Gasteiger charge is 2.66. The molecular weight excluding hydrogens is 375 g/mol. The van der Waals surface area contributed by atoms with Gasteiger partial charge in [-0.25, -0.2) is 4.39 Å². The van der Waals surface area contributed by atoms with Crippen molar-refractivity contribution in [2.24, 2.45) is 51.3 Å². The van der Waals surface area contributed by atoms with Gasteiger partial charge in [0.25, 0.3) is 0 Å². The Balaban J connectivity index is 1.66. The fourth-order valence-corrected chi connectivity index (χ4v) is 7.22. The molecule has 0 heterocycles. The van der Waals surface area contributed by atoms with Gasteiger partial charge in [0.05, 0.1) is 12.3 Å². The van der Waals surface area contributed by atoms with E-state index < -0.39 is 17.5 Å². The standard InChI is InChI=1S/C22H33FN2O4/c1-21-5-3-12(25-29-8-7-24)9-15(21)13(11-26)19(27)18-14(21)4-6-22(2)16(18)10-17(23)20(22)28/h13-18,26H,3-11,24H2,1-2H3. The number of Topliss-reactive ketones (excluding diaryl/α,β-unsaturated/α-hetero) is 2. The van der Waals surface area contributed by atoms with Gasteiger partial charge in [0, 0.05) is 23.8 Å². The van der Waals surface area contributed by atoms with Gasteiger partial charge in [-0.05, 0) is 61.7 Å². The molecule has 4 aliphatic rings. The van der Waals surface area contributed by atoms with Gasteiger partial charge >= 0.3 is 0 Å². The Bertz CT molecular complexity index is 728. The van der Waals surface area contributed by atoms with Crippen LogP contribution in [-0.2, 0) is 14.4 Å². The lowest BCUT2D eigenvalue weighted by atomic mass is 9.43. The first-order valence-corrected chi connectivity index (χ1v) is 11.0. The molecule has 4 fully saturated rings. The zero-order chi connectivity index (χ0) is 21.0. The van der Waals surface area contributed by atoms with Crippen molar-refractivity contribution in [1.82, 2.24) is 0 Å². The van der Waals surface area contributed by atoms with Gasteiger partial charge in [0.2, 0.25) is 0 Å². The molecule has 0 spiro atoms. The van der Waals surface area contributed by atoms with E-state index in [4.69, 9.17) is 10.6 Å². The lowest BCUT2D eigenvalue weighted by Crippen LogP contribution is -2.61. The van der Waals surface area contributed by atoms with Crippen molar-refractivity contribution in [3.05, 3.63) is 0 Å². The number of halogens is 1. The molecule has 0 amide bonds. The van der Waals surface area contributed by atoms with E-state index in [2.05, 4.69) is 12.1 Å². The fourth-order valence-electron chi connectivity index (χ4n) is 7.22. The van der Waals surface area contributed by atoms with Gasteiger partial charge in [-0.2, -0.15) is 0 Å². The van der Waals surface area contributed by atoms with Crippen molar-refractivity contribution >= 4 is 17.3 Å². The highest BCUT2D eigenvalue weighted by atomic mass is 19.1. The number of carbonyl (C=O) groups excluding carboxylic acids is 2. The normalized spacial score (nSPS) is 48.2. The fraction of sp³-hybridized carbons (Fsp3) is 0.864. The second kappa shape index (κ2) is 7.41. The molecular formula is C22H33FN2O4. The van der Waals surface area contributed by atoms with E-state index >= 15 is 0 Å². The Morgan fingerprint density at radius 2 is 2.00 bits per heavy atom. The van der Waals surface area contributed by atoms with Gasteiger partial charge in [-0.15, -0.1) is 0 Å². The number of aliphatic hydroxyl groups is 1. The van der Waals surface area contributed by atoms with Crippen LogP contribution in [0.25, 0.3) is 0 Å². The molecule has 0 saturated heterocycles. The summed E-state index contributed by atoms with van der Waals surface area (Å²) in [5, 5.41) is 14.4. The zero-order valence-electron chi connectivity index (χ0n) is 17.4. The van der Waals surface area contributed by atoms with Crippen molar-refractivity contribution in [3.8, 4) is 0 Å². The summed E-state index contributed by atoms with van der Waals surface area (Å²) in [7, 11) is 0. The first-order chi connectivity index (χ1) is 13.8. The quantitative estimate of drug-likeness (QED) is 0.549. The molecule has 0 aromatic rings. The van der Waals surface area contributed by atoms with Gasteiger partial charge < -0.3 is 15.7 Å². The molecule has 162 valence electrons. The number of carbonyl (C=O) groups is 2. The summed E-state index contributed by atoms with van der Waals surface area (Å²) in [5.74, 6) is -1.23. The lowest BCUT2D eigenvalue weighted by Gasteiger charge is -2.60. The monoisotopic (exact) mass is 408 g/mol. The number of hydrogen-bond acceptors (Lipinski definition) is 6. The summed E-state index contributed by atoms with van der Waals surface area (Å²) in [6.45, 7) is 4.63. The first-order valence-electron chi connectivity index (χ1n) is 11.0. The Morgan fingerprint density at radius 1 is 1.24 bits per heavy atom. The lowest BCUT2D eigenvalue weighted by molar-refractivity contribution is -0.166. The van der Waals surface area contributed by atoms with Gasteiger partial charge in [-0.3, -0.25) is 9.59 Å². The molecule has 0 aromatic carbocycles. The van der Waals surface area contributed by atoms with E-state index in [-0.39, 0.29) is 53.7 Å². The summed E-state index contributed by atoms with van der Waals surface area (Å²) in [6.07, 6.45) is 2.40. The summed E-state index contributed by atoms with van der Waals surface area (Å²) >= 11 is 0. The van der Waals surface area contributed by atoms with Crippen LogP contribution in [0.3, 0.4) is 0 Å². The van der Waals surface area contributed by atoms with Gasteiger partial charge in [0.15, 0.2) is 12.0 Å². The Hall–Kier alpha value is -1.34. The zero-order valence-corrected chi connectivity index (χ0v) is 17.4. The molecule has 3 N–H and O–H groups in total. The van der Waals surface area contributed by atoms with Crippen molar-refractivity contribution in [2.75, 3.05) is 19.8 Å². The summed E-state index contributed by atoms with van der Waals surface area (Å²) in [4.78, 5) is 31.4. The average Bonchev–Trinajstić information content (AvgIpc) is 2.93. The maximum atomic E-state index is 14.4. The third kappa shape index (κ3) is 2.99. The minimum absolute atomic E-state index is 0.00198. The van der Waals surface area contributed by atoms with Gasteiger partial charge in [0.1, 0.15) is 12.4 Å². The summed E-state index contributed by atoms with van der Waals surface area (Å²) in [5.41, 5.74) is 5.51. The molecule has 0 aromatic heterocycles. The third-order valence-electron chi connectivity index (χ3n) is 8.85. The Morgan fingerprint density at radius 3 is 2.69 bits per heavy atom. The van der Waals surface area contributed by atoms with Crippen LogP contribution in [0.5, 0.6) is 0 Å². The average molecular weight is 409 g/mol. The van der Waals surface area contributed by atoms with E-state index in [0.29, 0.717) is 26.0 Å². The maximum absolute atomic E-state index is 14.4. The van der Waals surface area contributed by atoms with Crippen molar-refractivity contribution < 1.29 is 23.9 Å². The van der Waals surface area contributed by atoms with Crippen LogP contribution in [-0.4, -0.2) is 48.3 Å². The van der Waals surface area contributed by atoms with Crippen molar-refractivity contribution in [2.45, 2.75) is 58.5 Å². The van der Waals surface area contributed by atoms with Crippen LogP contribution in [0.2, 0.25) is 0 Å². The molecule has 0 radical (unpaired) electrons. The Labute approximate surface area is 171 Å². The molecule has 0 aliphatic heterocycles. The van der Waals surface area contributed by atoms with Crippen LogP contribution < -0.4 is 5.73 Å². The van der Waals surface area contributed by atoms with E-state index in [0.717, 1.165) is 25.0 Å². The van der Waals surface area contributed by atoms with Crippen LogP contribution >= 0.6 is 0 Å². The maximum Gasteiger partial charge on any atom is 0.173 e. The number of rotatable bonds is 4. The van der Waals surface area contributed by atoms with Crippen LogP contribution in [0.4, 0.5) is 4.39 Å². The minimum Gasteiger partial charge on any atom is -0.396 e. The number of nitrogens with two attached hydrogens (primary N) is 1. The van der Waals surface area contributed by atoms with E-state index in [1.54, 1.807) is 0 Å². The molecule has 8 atom stereocenters. The molecule has 4 saturated carbocycles. The number of nitrogens with zero attached hydrogens (tertiary/aromatic N) is 1. The molecule has 4 rings (SSSR count). The number of fused-ring (bicyclic) bond motifs is 5. The molecule has 7 heteroatoms. The van der Waals surface area contributed by atoms with Crippen molar-refractivity contribution in [1.29, 1.82) is 0 Å². The molecule has 29 heavy (non-hydrogen) atoms. The molecule has 8 unspecified atom stereocenters. The van der Waals surface area contributed by atoms with Crippen LogP contribution in [0, 0.1) is 40.4 Å². The smallest absolute Gasteiger partial charge is 0.173 e. The predicted octanol–water partition coefficient (Wildman–Crippen LogP) is 2.27. The number of ketones is 2. The van der Waals surface area contributed by atoms with E-state index in [9.17, 15) is 19.1 Å². The highest BCUT2D eigenvalue weighted by Crippen LogP contribution is 2.65. The summed E-state index contributed by atoms with van der Waals surface area (Å²) in [6, 6.07) is 0. The van der Waals surface area contributed by atoms with Crippen LogP contribution in [0.1, 0.15) is 52.4 Å². The van der Waals surface area contributed by atoms with E-state index in [1.165, 1.54) is 0 Å². The minimum atomic E-state index is -1.46. The molecule has 6 nitrogen and oxygen atoms in total. The molecule has 4 aliphatic carbocycles. The first kappa shape index (κ1) is 20.9. The summed E-state index contributed by atoms with van der Waals surface area (Å²) < 4.78 is 14.4. The third-order valence-corrected chi connectivity index (χ3v) is 8.85. The predicted molar refractivity (Wildman–Crippen MR) is 106 cm³/mol. The van der Waals surface area contributed by atoms with E-state index in [1.807, 2.05) is 6.92 Å². The number of oxime groups is 1. The number of aliphatic hydroxyl groups excluding tert-OH is 1. The highest BCUT2D eigenvalue weighted by molar-refractivity contribution is 5.95. The van der Waals surface area contributed by atoms with Crippen LogP contribution in [0.15, 0.2) is 5.16 Å². The topological polar surface area (TPSA) is 102 Å². The van der Waals surface area contributed by atoms with Gasteiger partial charge in [-0.1, -0.05) is 19.0 Å². The molecule has 0 bridgehead atoms. The second-order valence-corrected chi connectivity index (χ2v) is 10.0. The largest absolute Gasteiger partial charge is 0.396 e. The second-order valence-electron chi connectivity index (χ2n) is 10.0. The number of alkyl halides is 1. The Kier molecular flexibility index (Phi) is 5.35.